The van der Waals surface area contributed by atoms with E-state index < -0.39 is 0 Å². The number of benzene rings is 2. The van der Waals surface area contributed by atoms with Gasteiger partial charge in [-0.2, -0.15) is 4.98 Å². The molecule has 27 heavy (non-hydrogen) atoms. The molecule has 0 atom stereocenters. The fourth-order valence-electron chi connectivity index (χ4n) is 2.81. The first kappa shape index (κ1) is 18.9. The van der Waals surface area contributed by atoms with Gasteiger partial charge in [-0.1, -0.05) is 42.5 Å². The summed E-state index contributed by atoms with van der Waals surface area (Å²) in [5, 5.41) is 6.76. The van der Waals surface area contributed by atoms with E-state index in [1.165, 1.54) is 5.56 Å². The van der Waals surface area contributed by atoms with E-state index in [0.717, 1.165) is 42.3 Å². The van der Waals surface area contributed by atoms with E-state index in [-0.39, 0.29) is 0 Å². The molecule has 0 unspecified atom stereocenters. The van der Waals surface area contributed by atoms with Crippen LogP contribution in [0.25, 0.3) is 11.3 Å². The zero-order valence-electron chi connectivity index (χ0n) is 16.2. The van der Waals surface area contributed by atoms with Crippen LogP contribution in [0.2, 0.25) is 0 Å². The molecule has 1 aromatic heterocycles. The van der Waals surface area contributed by atoms with Gasteiger partial charge >= 0.3 is 0 Å². The minimum Gasteiger partial charge on any atom is -0.354 e. The van der Waals surface area contributed by atoms with Crippen molar-refractivity contribution >= 4 is 17.5 Å². The molecule has 3 aromatic rings. The van der Waals surface area contributed by atoms with Crippen molar-refractivity contribution in [3.63, 3.8) is 0 Å². The van der Waals surface area contributed by atoms with Crippen molar-refractivity contribution < 1.29 is 0 Å². The predicted octanol–water partition coefficient (Wildman–Crippen LogP) is 4.56. The van der Waals surface area contributed by atoms with E-state index in [1.807, 2.05) is 36.4 Å². The number of hydrogen-bond acceptors (Lipinski definition) is 5. The Balaban J connectivity index is 1.83. The fourth-order valence-corrected chi connectivity index (χ4v) is 2.81. The molecule has 3 rings (SSSR count). The summed E-state index contributed by atoms with van der Waals surface area (Å²) in [6.45, 7) is 3.94. The quantitative estimate of drug-likeness (QED) is 0.576. The molecule has 0 radical (unpaired) electrons. The van der Waals surface area contributed by atoms with E-state index in [0.29, 0.717) is 5.95 Å². The summed E-state index contributed by atoms with van der Waals surface area (Å²) in [6, 6.07) is 20.4. The van der Waals surface area contributed by atoms with Gasteiger partial charge in [0.05, 0.1) is 5.69 Å². The van der Waals surface area contributed by atoms with Gasteiger partial charge in [-0.3, -0.25) is 0 Å². The van der Waals surface area contributed by atoms with Gasteiger partial charge in [0.25, 0.3) is 0 Å². The van der Waals surface area contributed by atoms with E-state index in [2.05, 4.69) is 65.8 Å². The molecule has 0 aliphatic rings. The van der Waals surface area contributed by atoms with Crippen LogP contribution in [-0.4, -0.2) is 42.1 Å². The second-order valence-corrected chi connectivity index (χ2v) is 6.91. The molecule has 5 nitrogen and oxygen atoms in total. The predicted molar refractivity (Wildman–Crippen MR) is 114 cm³/mol. The Morgan fingerprint density at radius 3 is 2.48 bits per heavy atom. The lowest BCUT2D eigenvalue weighted by Crippen LogP contribution is -2.17. The van der Waals surface area contributed by atoms with Gasteiger partial charge < -0.3 is 15.5 Å². The SMILES string of the molecule is Cc1cccc(Nc2cc(-c3ccccc3)nc(NCCCN(C)C)n2)c1. The Morgan fingerprint density at radius 2 is 1.74 bits per heavy atom. The summed E-state index contributed by atoms with van der Waals surface area (Å²) in [5.41, 5.74) is 4.20. The molecule has 5 heteroatoms. The van der Waals surface area contributed by atoms with Crippen LogP contribution in [0.5, 0.6) is 0 Å². The summed E-state index contributed by atoms with van der Waals surface area (Å²) >= 11 is 0. The first-order valence-electron chi connectivity index (χ1n) is 9.27. The summed E-state index contributed by atoms with van der Waals surface area (Å²) in [5.74, 6) is 1.43. The van der Waals surface area contributed by atoms with Crippen molar-refractivity contribution in [2.45, 2.75) is 13.3 Å². The van der Waals surface area contributed by atoms with E-state index in [1.54, 1.807) is 0 Å². The van der Waals surface area contributed by atoms with Crippen LogP contribution in [0.3, 0.4) is 0 Å². The third-order valence-electron chi connectivity index (χ3n) is 4.15. The highest BCUT2D eigenvalue weighted by Gasteiger charge is 2.07. The highest BCUT2D eigenvalue weighted by atomic mass is 15.1. The summed E-state index contributed by atoms with van der Waals surface area (Å²) < 4.78 is 0. The monoisotopic (exact) mass is 361 g/mol. The largest absolute Gasteiger partial charge is 0.354 e. The van der Waals surface area contributed by atoms with Crippen molar-refractivity contribution in [3.05, 3.63) is 66.2 Å². The van der Waals surface area contributed by atoms with Gasteiger partial charge in [-0.15, -0.1) is 0 Å². The molecule has 0 bridgehead atoms. The zero-order valence-corrected chi connectivity index (χ0v) is 16.2. The van der Waals surface area contributed by atoms with E-state index in [9.17, 15) is 0 Å². The topological polar surface area (TPSA) is 53.1 Å². The van der Waals surface area contributed by atoms with Crippen LogP contribution < -0.4 is 10.6 Å². The molecule has 2 aromatic carbocycles. The molecule has 0 aliphatic carbocycles. The van der Waals surface area contributed by atoms with Gasteiger partial charge in [0.15, 0.2) is 0 Å². The lowest BCUT2D eigenvalue weighted by molar-refractivity contribution is 0.405. The number of rotatable bonds is 8. The summed E-state index contributed by atoms with van der Waals surface area (Å²) in [6.07, 6.45) is 1.03. The van der Waals surface area contributed by atoms with Crippen molar-refractivity contribution in [3.8, 4) is 11.3 Å². The lowest BCUT2D eigenvalue weighted by Gasteiger charge is -2.13. The lowest BCUT2D eigenvalue weighted by atomic mass is 10.1. The maximum Gasteiger partial charge on any atom is 0.225 e. The van der Waals surface area contributed by atoms with Crippen molar-refractivity contribution in [2.75, 3.05) is 37.8 Å². The molecule has 1 heterocycles. The third kappa shape index (κ3) is 5.79. The second-order valence-electron chi connectivity index (χ2n) is 6.91. The maximum absolute atomic E-state index is 4.70. The highest BCUT2D eigenvalue weighted by Crippen LogP contribution is 2.24. The Hall–Kier alpha value is -2.92. The van der Waals surface area contributed by atoms with Crippen LogP contribution in [-0.2, 0) is 0 Å². The first-order chi connectivity index (χ1) is 13.1. The van der Waals surface area contributed by atoms with Crippen LogP contribution in [0.4, 0.5) is 17.5 Å². The Morgan fingerprint density at radius 1 is 0.926 bits per heavy atom. The molecular weight excluding hydrogens is 334 g/mol. The molecule has 140 valence electrons. The number of nitrogens with zero attached hydrogens (tertiary/aromatic N) is 3. The standard InChI is InChI=1S/C22H27N5/c1-17-9-7-12-19(15-17)24-21-16-20(18-10-5-4-6-11-18)25-22(26-21)23-13-8-14-27(2)3/h4-7,9-12,15-16H,8,13-14H2,1-3H3,(H2,23,24,25,26). The van der Waals surface area contributed by atoms with Crippen LogP contribution in [0.1, 0.15) is 12.0 Å². The number of aromatic nitrogens is 2. The molecule has 0 spiro atoms. The van der Waals surface area contributed by atoms with Crippen LogP contribution >= 0.6 is 0 Å². The van der Waals surface area contributed by atoms with Crippen molar-refractivity contribution in [2.24, 2.45) is 0 Å². The van der Waals surface area contributed by atoms with Gasteiger partial charge in [0.1, 0.15) is 5.82 Å². The maximum atomic E-state index is 4.70. The molecule has 0 aliphatic heterocycles. The average molecular weight is 361 g/mol. The summed E-state index contributed by atoms with van der Waals surface area (Å²) in [4.78, 5) is 11.5. The van der Waals surface area contributed by atoms with E-state index >= 15 is 0 Å². The van der Waals surface area contributed by atoms with Crippen molar-refractivity contribution in [1.29, 1.82) is 0 Å². The Labute approximate surface area is 161 Å². The number of nitrogens with one attached hydrogen (secondary N) is 2. The molecule has 0 amide bonds. The molecule has 0 saturated carbocycles. The highest BCUT2D eigenvalue weighted by molar-refractivity contribution is 5.67. The minimum atomic E-state index is 0.644. The number of hydrogen-bond donors (Lipinski definition) is 2. The number of anilines is 3. The third-order valence-corrected chi connectivity index (χ3v) is 4.15. The Bertz CT molecular complexity index is 862. The van der Waals surface area contributed by atoms with Crippen LogP contribution in [0.15, 0.2) is 60.7 Å². The fraction of sp³-hybridized carbons (Fsp3) is 0.273. The first-order valence-corrected chi connectivity index (χ1v) is 9.27. The second kappa shape index (κ2) is 9.14. The van der Waals surface area contributed by atoms with Crippen molar-refractivity contribution in [1.82, 2.24) is 14.9 Å². The molecule has 0 fully saturated rings. The zero-order chi connectivity index (χ0) is 19.1. The van der Waals surface area contributed by atoms with Gasteiger partial charge in [0, 0.05) is 23.9 Å². The Kier molecular flexibility index (Phi) is 6.39. The van der Waals surface area contributed by atoms with E-state index in [4.69, 9.17) is 4.98 Å². The molecule has 0 saturated heterocycles. The normalized spacial score (nSPS) is 10.8. The molecular formula is C22H27N5. The summed E-state index contributed by atoms with van der Waals surface area (Å²) in [7, 11) is 4.16. The number of aryl methyl sites for hydroxylation is 1. The minimum absolute atomic E-state index is 0.644. The van der Waals surface area contributed by atoms with Gasteiger partial charge in [0.2, 0.25) is 5.95 Å². The van der Waals surface area contributed by atoms with Gasteiger partial charge in [-0.25, -0.2) is 4.98 Å². The smallest absolute Gasteiger partial charge is 0.225 e. The average Bonchev–Trinajstić information content (AvgIpc) is 2.66. The van der Waals surface area contributed by atoms with Crippen LogP contribution in [0, 0.1) is 6.92 Å². The molecule has 2 N–H and O–H groups in total. The van der Waals surface area contributed by atoms with Gasteiger partial charge in [-0.05, 0) is 51.7 Å².